The number of hydrogen-bond donors (Lipinski definition) is 1. The highest BCUT2D eigenvalue weighted by atomic mass is 16.5. The molecule has 1 fully saturated rings. The molecular weight excluding hydrogens is 320 g/mol. The third-order valence-electron chi connectivity index (χ3n) is 4.01. The zero-order valence-corrected chi connectivity index (χ0v) is 14.4. The van der Waals surface area contributed by atoms with Gasteiger partial charge in [0.2, 0.25) is 5.91 Å². The van der Waals surface area contributed by atoms with Gasteiger partial charge >= 0.3 is 6.01 Å². The van der Waals surface area contributed by atoms with Gasteiger partial charge in [-0.05, 0) is 31.0 Å². The molecule has 1 amide bonds. The van der Waals surface area contributed by atoms with Crippen LogP contribution in [0.3, 0.4) is 0 Å². The van der Waals surface area contributed by atoms with Crippen LogP contribution in [0.2, 0.25) is 0 Å². The molecule has 1 aliphatic heterocycles. The van der Waals surface area contributed by atoms with Gasteiger partial charge in [0.25, 0.3) is 0 Å². The standard InChI is InChI=1S/C18H22N4O3/c1-13-4-3-5-14(8-13)21-17(23)12-22-7-6-15(11-22)25-18-19-9-16(24-2)10-20-18/h3-5,8-10,15H,6-7,11-12H2,1-2H3,(H,21,23). The minimum absolute atomic E-state index is 0.0137. The summed E-state index contributed by atoms with van der Waals surface area (Å²) >= 11 is 0. The Morgan fingerprint density at radius 1 is 1.36 bits per heavy atom. The monoisotopic (exact) mass is 342 g/mol. The van der Waals surface area contributed by atoms with E-state index in [1.807, 2.05) is 31.2 Å². The van der Waals surface area contributed by atoms with Crippen LogP contribution in [-0.4, -0.2) is 53.6 Å². The van der Waals surface area contributed by atoms with Gasteiger partial charge in [0.15, 0.2) is 5.75 Å². The molecule has 3 rings (SSSR count). The third kappa shape index (κ3) is 4.90. The van der Waals surface area contributed by atoms with Gasteiger partial charge in [-0.15, -0.1) is 0 Å². The molecule has 2 aromatic rings. The molecular formula is C18H22N4O3. The van der Waals surface area contributed by atoms with Crippen LogP contribution in [-0.2, 0) is 4.79 Å². The van der Waals surface area contributed by atoms with E-state index in [0.29, 0.717) is 24.8 Å². The van der Waals surface area contributed by atoms with E-state index in [1.165, 1.54) is 0 Å². The molecule has 1 aliphatic rings. The summed E-state index contributed by atoms with van der Waals surface area (Å²) in [7, 11) is 1.57. The number of anilines is 1. The molecule has 1 unspecified atom stereocenters. The molecule has 1 aromatic heterocycles. The Morgan fingerprint density at radius 2 is 2.16 bits per heavy atom. The van der Waals surface area contributed by atoms with Crippen LogP contribution in [0, 0.1) is 6.92 Å². The number of likely N-dealkylation sites (tertiary alicyclic amines) is 1. The molecule has 2 heterocycles. The van der Waals surface area contributed by atoms with E-state index >= 15 is 0 Å². The van der Waals surface area contributed by atoms with Crippen molar-refractivity contribution in [3.8, 4) is 11.8 Å². The first-order valence-electron chi connectivity index (χ1n) is 8.24. The number of nitrogens with zero attached hydrogens (tertiary/aromatic N) is 3. The number of nitrogens with one attached hydrogen (secondary N) is 1. The maximum atomic E-state index is 12.2. The summed E-state index contributed by atoms with van der Waals surface area (Å²) in [5.74, 6) is 0.570. The Morgan fingerprint density at radius 3 is 2.88 bits per heavy atom. The molecule has 0 spiro atoms. The van der Waals surface area contributed by atoms with Crippen molar-refractivity contribution in [1.29, 1.82) is 0 Å². The lowest BCUT2D eigenvalue weighted by atomic mass is 10.2. The van der Waals surface area contributed by atoms with Gasteiger partial charge in [0.1, 0.15) is 6.10 Å². The number of benzene rings is 1. The summed E-state index contributed by atoms with van der Waals surface area (Å²) < 4.78 is 10.8. The van der Waals surface area contributed by atoms with Crippen LogP contribution in [0.15, 0.2) is 36.7 Å². The van der Waals surface area contributed by atoms with Gasteiger partial charge in [-0.3, -0.25) is 9.69 Å². The van der Waals surface area contributed by atoms with E-state index in [2.05, 4.69) is 20.2 Å². The minimum atomic E-state index is -0.0213. The highest BCUT2D eigenvalue weighted by molar-refractivity contribution is 5.92. The maximum absolute atomic E-state index is 12.2. The second-order valence-electron chi connectivity index (χ2n) is 6.09. The number of hydrogen-bond acceptors (Lipinski definition) is 6. The fraction of sp³-hybridized carbons (Fsp3) is 0.389. The summed E-state index contributed by atoms with van der Waals surface area (Å²) in [6.45, 7) is 3.83. The lowest BCUT2D eigenvalue weighted by Crippen LogP contribution is -2.33. The van der Waals surface area contributed by atoms with Crippen molar-refractivity contribution in [3.05, 3.63) is 42.2 Å². The third-order valence-corrected chi connectivity index (χ3v) is 4.01. The first-order valence-corrected chi connectivity index (χ1v) is 8.24. The number of carbonyl (C=O) groups is 1. The van der Waals surface area contributed by atoms with Crippen LogP contribution in [0.1, 0.15) is 12.0 Å². The van der Waals surface area contributed by atoms with Gasteiger partial charge in [-0.25, -0.2) is 0 Å². The van der Waals surface area contributed by atoms with Gasteiger partial charge in [-0.1, -0.05) is 12.1 Å². The number of aryl methyl sites for hydroxylation is 1. The molecule has 7 heteroatoms. The van der Waals surface area contributed by atoms with Crippen LogP contribution < -0.4 is 14.8 Å². The largest absolute Gasteiger partial charge is 0.494 e. The minimum Gasteiger partial charge on any atom is -0.494 e. The van der Waals surface area contributed by atoms with Crippen LogP contribution in [0.5, 0.6) is 11.8 Å². The van der Waals surface area contributed by atoms with Gasteiger partial charge < -0.3 is 14.8 Å². The van der Waals surface area contributed by atoms with E-state index in [0.717, 1.165) is 24.2 Å². The van der Waals surface area contributed by atoms with Crippen molar-refractivity contribution >= 4 is 11.6 Å². The molecule has 132 valence electrons. The van der Waals surface area contributed by atoms with Crippen molar-refractivity contribution < 1.29 is 14.3 Å². The van der Waals surface area contributed by atoms with Gasteiger partial charge in [0.05, 0.1) is 26.0 Å². The number of rotatable bonds is 6. The number of aromatic nitrogens is 2. The highest BCUT2D eigenvalue weighted by Gasteiger charge is 2.26. The lowest BCUT2D eigenvalue weighted by molar-refractivity contribution is -0.117. The molecule has 1 saturated heterocycles. The SMILES string of the molecule is COc1cnc(OC2CCN(CC(=O)Nc3cccc(C)c3)C2)nc1. The van der Waals surface area contributed by atoms with Gasteiger partial charge in [-0.2, -0.15) is 9.97 Å². The summed E-state index contributed by atoms with van der Waals surface area (Å²) in [5, 5.41) is 2.93. The van der Waals surface area contributed by atoms with E-state index in [4.69, 9.17) is 9.47 Å². The summed E-state index contributed by atoms with van der Waals surface area (Å²) in [5.41, 5.74) is 1.94. The topological polar surface area (TPSA) is 76.6 Å². The molecule has 0 radical (unpaired) electrons. The number of amides is 1. The molecule has 25 heavy (non-hydrogen) atoms. The zero-order chi connectivity index (χ0) is 17.6. The second-order valence-corrected chi connectivity index (χ2v) is 6.09. The average molecular weight is 342 g/mol. The quantitative estimate of drug-likeness (QED) is 0.864. The van der Waals surface area contributed by atoms with E-state index in [1.54, 1.807) is 19.5 Å². The summed E-state index contributed by atoms with van der Waals surface area (Å²) in [6.07, 6.45) is 3.97. The Bertz CT molecular complexity index is 721. The lowest BCUT2D eigenvalue weighted by Gasteiger charge is -2.16. The molecule has 7 nitrogen and oxygen atoms in total. The molecule has 0 aliphatic carbocycles. The number of methoxy groups -OCH3 is 1. The average Bonchev–Trinajstić information content (AvgIpc) is 3.02. The zero-order valence-electron chi connectivity index (χ0n) is 14.4. The highest BCUT2D eigenvalue weighted by Crippen LogP contribution is 2.16. The van der Waals surface area contributed by atoms with Crippen molar-refractivity contribution in [2.75, 3.05) is 32.1 Å². The van der Waals surface area contributed by atoms with Crippen LogP contribution in [0.4, 0.5) is 5.69 Å². The van der Waals surface area contributed by atoms with Crippen molar-refractivity contribution in [3.63, 3.8) is 0 Å². The second kappa shape index (κ2) is 7.94. The smallest absolute Gasteiger partial charge is 0.316 e. The van der Waals surface area contributed by atoms with E-state index < -0.39 is 0 Å². The van der Waals surface area contributed by atoms with Crippen molar-refractivity contribution in [2.24, 2.45) is 0 Å². The number of ether oxygens (including phenoxy) is 2. The van der Waals surface area contributed by atoms with E-state index in [-0.39, 0.29) is 12.0 Å². The fourth-order valence-electron chi connectivity index (χ4n) is 2.78. The predicted molar refractivity (Wildman–Crippen MR) is 93.9 cm³/mol. The molecule has 0 bridgehead atoms. The molecule has 1 atom stereocenters. The fourth-order valence-corrected chi connectivity index (χ4v) is 2.78. The Labute approximate surface area is 147 Å². The van der Waals surface area contributed by atoms with Crippen LogP contribution in [0.25, 0.3) is 0 Å². The van der Waals surface area contributed by atoms with Gasteiger partial charge in [0, 0.05) is 18.8 Å². The van der Waals surface area contributed by atoms with E-state index in [9.17, 15) is 4.79 Å². The first-order chi connectivity index (χ1) is 12.1. The Balaban J connectivity index is 1.46. The Hall–Kier alpha value is -2.67. The summed E-state index contributed by atoms with van der Waals surface area (Å²) in [6, 6.07) is 8.10. The first kappa shape index (κ1) is 17.2. The summed E-state index contributed by atoms with van der Waals surface area (Å²) in [4.78, 5) is 22.5. The van der Waals surface area contributed by atoms with Crippen LogP contribution >= 0.6 is 0 Å². The Kier molecular flexibility index (Phi) is 5.45. The molecule has 1 N–H and O–H groups in total. The molecule has 0 saturated carbocycles. The number of carbonyl (C=O) groups excluding carboxylic acids is 1. The maximum Gasteiger partial charge on any atom is 0.316 e. The van der Waals surface area contributed by atoms with Crippen molar-refractivity contribution in [2.45, 2.75) is 19.4 Å². The predicted octanol–water partition coefficient (Wildman–Crippen LogP) is 1.89. The normalized spacial score (nSPS) is 17.3. The van der Waals surface area contributed by atoms with Crippen molar-refractivity contribution in [1.82, 2.24) is 14.9 Å². The molecule has 1 aromatic carbocycles.